The van der Waals surface area contributed by atoms with E-state index in [1.165, 1.54) is 27.8 Å². The summed E-state index contributed by atoms with van der Waals surface area (Å²) in [5, 5.41) is 0. The van der Waals surface area contributed by atoms with Crippen LogP contribution in [0, 0.1) is 19.1 Å². The molecule has 6 rings (SSSR count). The molecule has 0 unspecified atom stereocenters. The maximum atomic E-state index is 4.66. The van der Waals surface area contributed by atoms with Crippen LogP contribution in [0.15, 0.2) is 97.6 Å². The van der Waals surface area contributed by atoms with Crippen LogP contribution in [0.4, 0.5) is 0 Å². The van der Waals surface area contributed by atoms with Crippen molar-refractivity contribution in [3.63, 3.8) is 0 Å². The van der Waals surface area contributed by atoms with Gasteiger partial charge in [0.1, 0.15) is 0 Å². The topological polar surface area (TPSA) is 38.7 Å². The molecule has 0 spiro atoms. The molecule has 2 aromatic heterocycles. The fourth-order valence-corrected chi connectivity index (χ4v) is 5.39. The molecule has 2 heterocycles. The molecule has 1 aliphatic carbocycles. The maximum absolute atomic E-state index is 4.66. The molecular weight excluding hydrogens is 643 g/mol. The number of hydrogen-bond acceptors (Lipinski definition) is 3. The zero-order valence-corrected chi connectivity index (χ0v) is 24.8. The van der Waals surface area contributed by atoms with E-state index in [0.717, 1.165) is 22.5 Å². The molecule has 0 amide bonds. The quantitative estimate of drug-likeness (QED) is 0.180. The van der Waals surface area contributed by atoms with E-state index in [1.54, 1.807) is 18.6 Å². The van der Waals surface area contributed by atoms with Gasteiger partial charge in [0.15, 0.2) is 0 Å². The minimum atomic E-state index is -0.0834. The summed E-state index contributed by atoms with van der Waals surface area (Å²) in [5.41, 5.74) is 10.7. The molecule has 0 saturated carbocycles. The van der Waals surface area contributed by atoms with E-state index in [-0.39, 0.29) is 30.9 Å². The standard InChI is InChI=1S/C24H24N.C10H7N2.Ir/c1-16-13-14-25-21(15-16)17-9-8-12-20-22(17)24(4,5)19-11-7-6-10-18(19)23(20,2)3;1-2-4-9(5-3-1)10-8-11-6-7-12-10;/h6-8,10-15H,1-5H3;1-4,6-8H;/q2*-1;. The minimum Gasteiger partial charge on any atom is -0.305 e. The zero-order chi connectivity index (χ0) is 26.0. The number of aromatic nitrogens is 3. The van der Waals surface area contributed by atoms with Gasteiger partial charge in [0.25, 0.3) is 0 Å². The number of pyridine rings is 1. The Morgan fingerprint density at radius 1 is 0.658 bits per heavy atom. The van der Waals surface area contributed by atoms with Crippen LogP contribution >= 0.6 is 0 Å². The third-order valence-electron chi connectivity index (χ3n) is 7.29. The molecule has 38 heavy (non-hydrogen) atoms. The molecule has 0 aliphatic heterocycles. The van der Waals surface area contributed by atoms with E-state index >= 15 is 0 Å². The van der Waals surface area contributed by atoms with Gasteiger partial charge in [-0.05, 0) is 40.6 Å². The molecule has 4 heteroatoms. The molecule has 1 radical (unpaired) electrons. The number of hydrogen-bond donors (Lipinski definition) is 0. The van der Waals surface area contributed by atoms with Crippen molar-refractivity contribution in [1.82, 2.24) is 15.0 Å². The smallest absolute Gasteiger partial charge is 0.0432 e. The van der Waals surface area contributed by atoms with Crippen molar-refractivity contribution in [3.8, 4) is 22.5 Å². The molecule has 0 atom stereocenters. The minimum absolute atomic E-state index is 0. The van der Waals surface area contributed by atoms with E-state index in [4.69, 9.17) is 0 Å². The summed E-state index contributed by atoms with van der Waals surface area (Å²) in [6, 6.07) is 31.7. The van der Waals surface area contributed by atoms with Crippen LogP contribution in [0.3, 0.4) is 0 Å². The van der Waals surface area contributed by atoms with Gasteiger partial charge in [0.05, 0.1) is 0 Å². The fourth-order valence-electron chi connectivity index (χ4n) is 5.39. The van der Waals surface area contributed by atoms with Gasteiger partial charge in [-0.25, -0.2) is 0 Å². The molecule has 0 saturated heterocycles. The summed E-state index contributed by atoms with van der Waals surface area (Å²) in [4.78, 5) is 12.8. The van der Waals surface area contributed by atoms with Gasteiger partial charge < -0.3 is 9.97 Å². The number of nitrogens with zero attached hydrogens (tertiary/aromatic N) is 3. The van der Waals surface area contributed by atoms with E-state index in [2.05, 4.69) is 104 Å². The van der Waals surface area contributed by atoms with Crippen LogP contribution in [0.5, 0.6) is 0 Å². The number of rotatable bonds is 2. The van der Waals surface area contributed by atoms with Gasteiger partial charge in [0.2, 0.25) is 0 Å². The van der Waals surface area contributed by atoms with Crippen LogP contribution in [-0.4, -0.2) is 15.0 Å². The average molecular weight is 674 g/mol. The summed E-state index contributed by atoms with van der Waals surface area (Å²) in [6.45, 7) is 11.4. The second-order valence-corrected chi connectivity index (χ2v) is 10.5. The maximum Gasteiger partial charge on any atom is 0.0432 e. The van der Waals surface area contributed by atoms with E-state index in [9.17, 15) is 0 Å². The zero-order valence-electron chi connectivity index (χ0n) is 22.4. The van der Waals surface area contributed by atoms with Gasteiger partial charge in [0, 0.05) is 50.6 Å². The van der Waals surface area contributed by atoms with Gasteiger partial charge in [-0.15, -0.1) is 70.8 Å². The number of benzene rings is 3. The van der Waals surface area contributed by atoms with Crippen LogP contribution in [0.1, 0.15) is 55.5 Å². The SMILES string of the molecule is Cc1ccnc(-c2[c-]ccc3c2C(C)(C)c2ccccc2C3(C)C)c1.[Ir].[c-]1ccccc1-c1cnccn1. The molecule has 3 aromatic carbocycles. The third kappa shape index (κ3) is 5.12. The van der Waals surface area contributed by atoms with Gasteiger partial charge in [-0.2, -0.15) is 0 Å². The molecule has 3 nitrogen and oxygen atoms in total. The molecule has 193 valence electrons. The second-order valence-electron chi connectivity index (χ2n) is 10.5. The molecule has 0 bridgehead atoms. The van der Waals surface area contributed by atoms with E-state index < -0.39 is 0 Å². The van der Waals surface area contributed by atoms with Crippen molar-refractivity contribution >= 4 is 0 Å². The Labute approximate surface area is 239 Å². The van der Waals surface area contributed by atoms with Crippen molar-refractivity contribution in [2.45, 2.75) is 45.4 Å². The van der Waals surface area contributed by atoms with Crippen LogP contribution in [0.25, 0.3) is 22.5 Å². The first kappa shape index (κ1) is 27.6. The van der Waals surface area contributed by atoms with Crippen LogP contribution in [-0.2, 0) is 30.9 Å². The van der Waals surface area contributed by atoms with Gasteiger partial charge in [-0.1, -0.05) is 63.6 Å². The van der Waals surface area contributed by atoms with Crippen molar-refractivity contribution < 1.29 is 20.1 Å². The Morgan fingerprint density at radius 2 is 1.37 bits per heavy atom. The van der Waals surface area contributed by atoms with Crippen molar-refractivity contribution in [3.05, 3.63) is 138 Å². The van der Waals surface area contributed by atoms with Crippen molar-refractivity contribution in [1.29, 1.82) is 0 Å². The Bertz CT molecular complexity index is 1490. The largest absolute Gasteiger partial charge is 0.305 e. The third-order valence-corrected chi connectivity index (χ3v) is 7.29. The Kier molecular flexibility index (Phi) is 8.06. The van der Waals surface area contributed by atoms with Crippen molar-refractivity contribution in [2.24, 2.45) is 0 Å². The predicted molar refractivity (Wildman–Crippen MR) is 150 cm³/mol. The fraction of sp³-hybridized carbons (Fsp3) is 0.206. The second kappa shape index (κ2) is 11.1. The number of fused-ring (bicyclic) bond motifs is 2. The number of aryl methyl sites for hydroxylation is 1. The van der Waals surface area contributed by atoms with Crippen LogP contribution < -0.4 is 0 Å². The molecule has 0 fully saturated rings. The van der Waals surface area contributed by atoms with E-state index in [1.807, 2.05) is 36.5 Å². The first-order chi connectivity index (χ1) is 17.8. The summed E-state index contributed by atoms with van der Waals surface area (Å²) < 4.78 is 0. The molecule has 0 N–H and O–H groups in total. The molecular formula is C34H31IrN3-2. The first-order valence-corrected chi connectivity index (χ1v) is 12.6. The summed E-state index contributed by atoms with van der Waals surface area (Å²) >= 11 is 0. The Morgan fingerprint density at radius 3 is 2.03 bits per heavy atom. The normalized spacial score (nSPS) is 14.1. The van der Waals surface area contributed by atoms with Crippen molar-refractivity contribution in [2.75, 3.05) is 0 Å². The summed E-state index contributed by atoms with van der Waals surface area (Å²) in [6.07, 6.45) is 6.96. The van der Waals surface area contributed by atoms with Crippen LogP contribution in [0.2, 0.25) is 0 Å². The monoisotopic (exact) mass is 674 g/mol. The van der Waals surface area contributed by atoms with E-state index in [0.29, 0.717) is 0 Å². The molecule has 5 aromatic rings. The summed E-state index contributed by atoms with van der Waals surface area (Å²) in [5.74, 6) is 0. The summed E-state index contributed by atoms with van der Waals surface area (Å²) in [7, 11) is 0. The molecule has 1 aliphatic rings. The predicted octanol–water partition coefficient (Wildman–Crippen LogP) is 7.76. The first-order valence-electron chi connectivity index (χ1n) is 12.6. The van der Waals surface area contributed by atoms with Gasteiger partial charge in [-0.3, -0.25) is 4.98 Å². The average Bonchev–Trinajstić information content (AvgIpc) is 2.93. The Hall–Kier alpha value is -3.46. The Balaban J connectivity index is 0.000000218. The van der Waals surface area contributed by atoms with Gasteiger partial charge >= 0.3 is 0 Å².